The second-order valence-corrected chi connectivity index (χ2v) is 4.44. The average molecular weight is 307 g/mol. The number of carbonyl (C=O) groups excluding carboxylic acids is 1. The minimum atomic E-state index is -1.17. The lowest BCUT2D eigenvalue weighted by Crippen LogP contribution is -2.37. The monoisotopic (exact) mass is 306 g/mol. The molecule has 0 aromatic heterocycles. The van der Waals surface area contributed by atoms with Crippen molar-refractivity contribution in [3.05, 3.63) is 27.7 Å². The first-order chi connectivity index (χ1) is 8.86. The van der Waals surface area contributed by atoms with E-state index in [-0.39, 0.29) is 27.8 Å². The number of anilines is 1. The smallest absolute Gasteiger partial charge is 0.334 e. The Hall–Kier alpha value is -1.50. The van der Waals surface area contributed by atoms with Crippen molar-refractivity contribution in [1.29, 1.82) is 0 Å². The van der Waals surface area contributed by atoms with Gasteiger partial charge in [0.05, 0.1) is 22.3 Å². The fourth-order valence-electron chi connectivity index (χ4n) is 1.27. The van der Waals surface area contributed by atoms with Crippen molar-refractivity contribution in [2.24, 2.45) is 0 Å². The maximum absolute atomic E-state index is 11.8. The summed E-state index contributed by atoms with van der Waals surface area (Å²) in [6.45, 7) is -0.176. The maximum Gasteiger partial charge on any atom is 0.334 e. The third-order valence-corrected chi connectivity index (χ3v) is 2.97. The number of ether oxygens (including phenoxy) is 1. The summed E-state index contributed by atoms with van der Waals surface area (Å²) >= 11 is 11.6. The van der Waals surface area contributed by atoms with Gasteiger partial charge >= 0.3 is 5.97 Å². The quantitative estimate of drug-likeness (QED) is 0.714. The molecule has 19 heavy (non-hydrogen) atoms. The Bertz CT molecular complexity index is 484. The predicted molar refractivity (Wildman–Crippen MR) is 71.6 cm³/mol. The third kappa shape index (κ3) is 3.99. The van der Waals surface area contributed by atoms with Crippen molar-refractivity contribution in [2.75, 3.05) is 19.4 Å². The number of nitrogens with two attached hydrogens (primary N) is 1. The van der Waals surface area contributed by atoms with Gasteiger partial charge in [-0.15, -0.1) is 0 Å². The molecule has 6 nitrogen and oxygen atoms in total. The molecule has 0 aliphatic carbocycles. The highest BCUT2D eigenvalue weighted by Crippen LogP contribution is 2.28. The molecule has 0 aliphatic rings. The number of rotatable bonds is 5. The molecule has 104 valence electrons. The van der Waals surface area contributed by atoms with Gasteiger partial charge in [0.1, 0.15) is 0 Å². The van der Waals surface area contributed by atoms with Gasteiger partial charge < -0.3 is 20.9 Å². The van der Waals surface area contributed by atoms with Gasteiger partial charge in [-0.2, -0.15) is 0 Å². The summed E-state index contributed by atoms with van der Waals surface area (Å²) in [6, 6.07) is 2.70. The standard InChI is InChI=1S/C11H12Cl2N2O4/c1-19-8(11(17)18)4-15-10(16)5-2-6(12)9(14)7(13)3-5/h2-3,8H,4,14H2,1H3,(H,15,16)(H,17,18). The zero-order valence-electron chi connectivity index (χ0n) is 9.94. The fraction of sp³-hybridized carbons (Fsp3) is 0.273. The number of halogens is 2. The SMILES string of the molecule is COC(CNC(=O)c1cc(Cl)c(N)c(Cl)c1)C(=O)O. The van der Waals surface area contributed by atoms with E-state index in [4.69, 9.17) is 34.0 Å². The summed E-state index contributed by atoms with van der Waals surface area (Å²) in [6.07, 6.45) is -1.12. The van der Waals surface area contributed by atoms with E-state index in [1.807, 2.05) is 0 Å². The predicted octanol–water partition coefficient (Wildman–Crippen LogP) is 1.41. The summed E-state index contributed by atoms with van der Waals surface area (Å²) in [5, 5.41) is 11.5. The first kappa shape index (κ1) is 15.6. The lowest BCUT2D eigenvalue weighted by molar-refractivity contribution is -0.148. The van der Waals surface area contributed by atoms with Crippen molar-refractivity contribution >= 4 is 40.8 Å². The Morgan fingerprint density at radius 3 is 2.37 bits per heavy atom. The fourth-order valence-corrected chi connectivity index (χ4v) is 1.76. The number of nitrogens with one attached hydrogen (secondary N) is 1. The highest BCUT2D eigenvalue weighted by Gasteiger charge is 2.18. The number of carboxylic acids is 1. The van der Waals surface area contributed by atoms with Gasteiger partial charge in [0.15, 0.2) is 6.10 Å². The van der Waals surface area contributed by atoms with Crippen LogP contribution < -0.4 is 11.1 Å². The molecule has 1 aromatic rings. The van der Waals surface area contributed by atoms with Gasteiger partial charge in [-0.3, -0.25) is 4.79 Å². The van der Waals surface area contributed by atoms with Crippen LogP contribution in [0, 0.1) is 0 Å². The van der Waals surface area contributed by atoms with Gasteiger partial charge in [-0.05, 0) is 12.1 Å². The molecule has 0 bridgehead atoms. The van der Waals surface area contributed by atoms with Crippen LogP contribution in [0.1, 0.15) is 10.4 Å². The van der Waals surface area contributed by atoms with Gasteiger partial charge in [0.2, 0.25) is 0 Å². The molecule has 0 saturated carbocycles. The Morgan fingerprint density at radius 1 is 1.42 bits per heavy atom. The summed E-state index contributed by atoms with van der Waals surface area (Å²) < 4.78 is 4.68. The van der Waals surface area contributed by atoms with Crippen LogP contribution in [0.25, 0.3) is 0 Å². The van der Waals surface area contributed by atoms with Crippen molar-refractivity contribution in [2.45, 2.75) is 6.10 Å². The molecule has 0 aliphatic heterocycles. The van der Waals surface area contributed by atoms with Crippen LogP contribution in [0.3, 0.4) is 0 Å². The van der Waals surface area contributed by atoms with E-state index in [2.05, 4.69) is 10.1 Å². The van der Waals surface area contributed by atoms with Crippen LogP contribution in [0.5, 0.6) is 0 Å². The second-order valence-electron chi connectivity index (χ2n) is 3.63. The number of hydrogen-bond donors (Lipinski definition) is 3. The van der Waals surface area contributed by atoms with Crippen LogP contribution in [0.4, 0.5) is 5.69 Å². The molecule has 1 amide bonds. The van der Waals surface area contributed by atoms with Crippen LogP contribution >= 0.6 is 23.2 Å². The van der Waals surface area contributed by atoms with Gasteiger partial charge in [-0.25, -0.2) is 4.79 Å². The van der Waals surface area contributed by atoms with Gasteiger partial charge in [-0.1, -0.05) is 23.2 Å². The Balaban J connectivity index is 2.76. The number of hydrogen-bond acceptors (Lipinski definition) is 4. The normalized spacial score (nSPS) is 11.9. The maximum atomic E-state index is 11.8. The minimum absolute atomic E-state index is 0.152. The number of carbonyl (C=O) groups is 2. The molecule has 1 atom stereocenters. The van der Waals surface area contributed by atoms with E-state index in [0.717, 1.165) is 0 Å². The van der Waals surface area contributed by atoms with Crippen molar-refractivity contribution in [3.63, 3.8) is 0 Å². The van der Waals surface area contributed by atoms with E-state index in [0.29, 0.717) is 0 Å². The molecule has 0 saturated heterocycles. The molecule has 0 heterocycles. The minimum Gasteiger partial charge on any atom is -0.479 e. The lowest BCUT2D eigenvalue weighted by Gasteiger charge is -2.12. The summed E-state index contributed by atoms with van der Waals surface area (Å²) in [7, 11) is 1.24. The van der Waals surface area contributed by atoms with E-state index in [1.54, 1.807) is 0 Å². The molecule has 1 aromatic carbocycles. The van der Waals surface area contributed by atoms with Gasteiger partial charge in [0, 0.05) is 12.7 Å². The summed E-state index contributed by atoms with van der Waals surface area (Å²) in [5.74, 6) is -1.69. The molecule has 1 unspecified atom stereocenters. The molecule has 8 heteroatoms. The average Bonchev–Trinajstić information content (AvgIpc) is 2.35. The molecule has 4 N–H and O–H groups in total. The Labute approximate surface area is 119 Å². The van der Waals surface area contributed by atoms with E-state index < -0.39 is 18.0 Å². The molecular formula is C11H12Cl2N2O4. The second kappa shape index (κ2) is 6.60. The third-order valence-electron chi connectivity index (χ3n) is 2.35. The molecule has 0 spiro atoms. The summed E-state index contributed by atoms with van der Waals surface area (Å²) in [5.41, 5.74) is 5.91. The van der Waals surface area contributed by atoms with E-state index in [1.165, 1.54) is 19.2 Å². The Kier molecular flexibility index (Phi) is 5.41. The van der Waals surface area contributed by atoms with Crippen molar-refractivity contribution in [1.82, 2.24) is 5.32 Å². The van der Waals surface area contributed by atoms with Gasteiger partial charge in [0.25, 0.3) is 5.91 Å². The lowest BCUT2D eigenvalue weighted by atomic mass is 10.2. The number of methoxy groups -OCH3 is 1. The van der Waals surface area contributed by atoms with Crippen LogP contribution in [-0.4, -0.2) is 36.7 Å². The Morgan fingerprint density at radius 2 is 1.95 bits per heavy atom. The first-order valence-corrected chi connectivity index (χ1v) is 5.90. The highest BCUT2D eigenvalue weighted by atomic mass is 35.5. The van der Waals surface area contributed by atoms with Crippen LogP contribution in [0.2, 0.25) is 10.0 Å². The molecule has 0 radical (unpaired) electrons. The van der Waals surface area contributed by atoms with E-state index in [9.17, 15) is 9.59 Å². The number of benzene rings is 1. The van der Waals surface area contributed by atoms with Crippen molar-refractivity contribution < 1.29 is 19.4 Å². The highest BCUT2D eigenvalue weighted by molar-refractivity contribution is 6.39. The van der Waals surface area contributed by atoms with Crippen LogP contribution in [-0.2, 0) is 9.53 Å². The topological polar surface area (TPSA) is 102 Å². The van der Waals surface area contributed by atoms with Crippen LogP contribution in [0.15, 0.2) is 12.1 Å². The number of nitrogen functional groups attached to an aromatic ring is 1. The van der Waals surface area contributed by atoms with E-state index >= 15 is 0 Å². The molecule has 1 rings (SSSR count). The zero-order chi connectivity index (χ0) is 14.6. The number of amides is 1. The number of carboxylic acid groups (broad SMARTS) is 1. The first-order valence-electron chi connectivity index (χ1n) is 5.15. The largest absolute Gasteiger partial charge is 0.479 e. The number of aliphatic carboxylic acids is 1. The zero-order valence-corrected chi connectivity index (χ0v) is 11.5. The van der Waals surface area contributed by atoms with Crippen molar-refractivity contribution in [3.8, 4) is 0 Å². The molecular weight excluding hydrogens is 295 g/mol. The molecule has 0 fully saturated rings. The summed E-state index contributed by atoms with van der Waals surface area (Å²) in [4.78, 5) is 22.5.